The predicted octanol–water partition coefficient (Wildman–Crippen LogP) is 1.22. The van der Waals surface area contributed by atoms with E-state index < -0.39 is 17.7 Å². The number of esters is 1. The highest BCUT2D eigenvalue weighted by Gasteiger charge is 2.32. The molecule has 1 amide bonds. The molecule has 0 aromatic carbocycles. The number of carbonyl (C=O) groups is 2. The van der Waals surface area contributed by atoms with E-state index in [-0.39, 0.29) is 24.4 Å². The van der Waals surface area contributed by atoms with E-state index in [0.717, 1.165) is 0 Å². The minimum absolute atomic E-state index is 0.00736. The average molecular weight is 243 g/mol. The molecule has 0 saturated heterocycles. The van der Waals surface area contributed by atoms with Gasteiger partial charge >= 0.3 is 12.1 Å². The third kappa shape index (κ3) is 3.37. The van der Waals surface area contributed by atoms with Gasteiger partial charge in [-0.15, -0.1) is 0 Å². The zero-order chi connectivity index (χ0) is 13.2. The first kappa shape index (κ1) is 13.3. The van der Waals surface area contributed by atoms with Gasteiger partial charge in [-0.25, -0.2) is 9.59 Å². The Labute approximate surface area is 99.8 Å². The summed E-state index contributed by atoms with van der Waals surface area (Å²) in [6.45, 7) is 5.22. The van der Waals surface area contributed by atoms with Crippen molar-refractivity contribution in [1.82, 2.24) is 4.90 Å². The highest BCUT2D eigenvalue weighted by atomic mass is 16.6. The number of aliphatic hydroxyl groups is 1. The second kappa shape index (κ2) is 4.65. The van der Waals surface area contributed by atoms with Crippen LogP contribution in [0.2, 0.25) is 0 Å². The van der Waals surface area contributed by atoms with Gasteiger partial charge in [0.05, 0.1) is 25.8 Å². The number of carbonyl (C=O) groups excluding carboxylic acids is 2. The Morgan fingerprint density at radius 2 is 1.88 bits per heavy atom. The second-order valence-electron chi connectivity index (χ2n) is 4.75. The normalized spacial score (nSPS) is 16.1. The van der Waals surface area contributed by atoms with Crippen LogP contribution in [-0.4, -0.2) is 47.9 Å². The summed E-state index contributed by atoms with van der Waals surface area (Å²) in [6.07, 6.45) is -0.567. The molecule has 0 aromatic heterocycles. The Morgan fingerprint density at radius 1 is 1.29 bits per heavy atom. The molecule has 6 nitrogen and oxygen atoms in total. The topological polar surface area (TPSA) is 76.1 Å². The number of rotatable bonds is 1. The quantitative estimate of drug-likeness (QED) is 0.701. The zero-order valence-electron chi connectivity index (χ0n) is 10.4. The molecule has 0 bridgehead atoms. The molecule has 0 saturated carbocycles. The summed E-state index contributed by atoms with van der Waals surface area (Å²) in [5.74, 6) is -0.781. The van der Waals surface area contributed by atoms with E-state index in [4.69, 9.17) is 4.74 Å². The van der Waals surface area contributed by atoms with E-state index in [1.807, 2.05) is 0 Å². The lowest BCUT2D eigenvalue weighted by Crippen LogP contribution is -2.36. The fourth-order valence-corrected chi connectivity index (χ4v) is 1.38. The van der Waals surface area contributed by atoms with Gasteiger partial charge in [0.1, 0.15) is 11.4 Å². The first-order valence-corrected chi connectivity index (χ1v) is 5.22. The summed E-state index contributed by atoms with van der Waals surface area (Å²) in [5.41, 5.74) is -0.515. The first-order chi connectivity index (χ1) is 7.74. The number of nitrogens with zero attached hydrogens (tertiary/aromatic N) is 1. The number of hydrogen-bond acceptors (Lipinski definition) is 5. The summed E-state index contributed by atoms with van der Waals surface area (Å²) in [7, 11) is 1.22. The first-order valence-electron chi connectivity index (χ1n) is 5.22. The molecular weight excluding hydrogens is 226 g/mol. The van der Waals surface area contributed by atoms with Gasteiger partial charge in [-0.2, -0.15) is 0 Å². The summed E-state index contributed by atoms with van der Waals surface area (Å²) in [6, 6.07) is 0. The van der Waals surface area contributed by atoms with Crippen LogP contribution >= 0.6 is 0 Å². The molecule has 1 heterocycles. The molecule has 0 fully saturated rings. The van der Waals surface area contributed by atoms with Crippen molar-refractivity contribution in [2.24, 2.45) is 0 Å². The van der Waals surface area contributed by atoms with Gasteiger partial charge in [-0.1, -0.05) is 0 Å². The van der Waals surface area contributed by atoms with Crippen molar-refractivity contribution in [3.05, 3.63) is 11.3 Å². The fraction of sp³-hybridized carbons (Fsp3) is 0.636. The van der Waals surface area contributed by atoms with Gasteiger partial charge in [-0.05, 0) is 20.8 Å². The van der Waals surface area contributed by atoms with Gasteiger partial charge < -0.3 is 14.6 Å². The van der Waals surface area contributed by atoms with Crippen molar-refractivity contribution in [1.29, 1.82) is 0 Å². The number of ether oxygens (including phenoxy) is 2. The van der Waals surface area contributed by atoms with Crippen molar-refractivity contribution in [3.63, 3.8) is 0 Å². The van der Waals surface area contributed by atoms with Crippen LogP contribution in [0.4, 0.5) is 4.79 Å². The molecule has 1 aliphatic heterocycles. The Morgan fingerprint density at radius 3 is 2.35 bits per heavy atom. The summed E-state index contributed by atoms with van der Waals surface area (Å²) < 4.78 is 9.63. The number of methoxy groups -OCH3 is 1. The standard InChI is InChI=1S/C11H17NO5/c1-11(2,3)17-10(15)12-5-7(8(13)6-12)9(14)16-4/h13H,5-6H2,1-4H3. The molecule has 1 N–H and O–H groups in total. The lowest BCUT2D eigenvalue weighted by atomic mass is 10.2. The van der Waals surface area contributed by atoms with Crippen molar-refractivity contribution < 1.29 is 24.2 Å². The molecule has 0 aromatic rings. The highest BCUT2D eigenvalue weighted by Crippen LogP contribution is 2.19. The molecule has 17 heavy (non-hydrogen) atoms. The predicted molar refractivity (Wildman–Crippen MR) is 59.5 cm³/mol. The third-order valence-electron chi connectivity index (χ3n) is 2.12. The number of amides is 1. The molecule has 1 aliphatic rings. The molecule has 6 heteroatoms. The minimum atomic E-state index is -0.631. The van der Waals surface area contributed by atoms with Gasteiger partial charge in [0.15, 0.2) is 0 Å². The van der Waals surface area contributed by atoms with Crippen LogP contribution < -0.4 is 0 Å². The summed E-state index contributed by atoms with van der Waals surface area (Å²) >= 11 is 0. The Bertz CT molecular complexity index is 367. The molecule has 0 radical (unpaired) electrons. The van der Waals surface area contributed by atoms with Crippen LogP contribution in [-0.2, 0) is 14.3 Å². The molecule has 0 unspecified atom stereocenters. The minimum Gasteiger partial charge on any atom is -0.510 e. The fourth-order valence-electron chi connectivity index (χ4n) is 1.38. The smallest absolute Gasteiger partial charge is 0.411 e. The van der Waals surface area contributed by atoms with E-state index >= 15 is 0 Å². The van der Waals surface area contributed by atoms with Gasteiger partial charge in [-0.3, -0.25) is 4.90 Å². The maximum Gasteiger partial charge on any atom is 0.411 e. The van der Waals surface area contributed by atoms with Gasteiger partial charge in [0, 0.05) is 0 Å². The van der Waals surface area contributed by atoms with Crippen molar-refractivity contribution in [2.45, 2.75) is 26.4 Å². The Kier molecular flexibility index (Phi) is 3.65. The Hall–Kier alpha value is -1.72. The molecular formula is C11H17NO5. The van der Waals surface area contributed by atoms with E-state index in [1.54, 1.807) is 20.8 Å². The van der Waals surface area contributed by atoms with Crippen molar-refractivity contribution in [2.75, 3.05) is 20.2 Å². The van der Waals surface area contributed by atoms with E-state index in [9.17, 15) is 14.7 Å². The SMILES string of the molecule is COC(=O)C1=C(O)CN(C(=O)OC(C)(C)C)C1. The van der Waals surface area contributed by atoms with Crippen molar-refractivity contribution >= 4 is 12.1 Å². The summed E-state index contributed by atoms with van der Waals surface area (Å²) in [5, 5.41) is 9.54. The summed E-state index contributed by atoms with van der Waals surface area (Å²) in [4.78, 5) is 24.2. The lowest BCUT2D eigenvalue weighted by molar-refractivity contribution is -0.136. The number of hydrogen-bond donors (Lipinski definition) is 1. The molecule has 0 spiro atoms. The van der Waals surface area contributed by atoms with Gasteiger partial charge in [0.25, 0.3) is 0 Å². The van der Waals surface area contributed by atoms with Crippen LogP contribution in [0.25, 0.3) is 0 Å². The van der Waals surface area contributed by atoms with Crippen LogP contribution in [0.5, 0.6) is 0 Å². The van der Waals surface area contributed by atoms with Crippen LogP contribution in [0.3, 0.4) is 0 Å². The van der Waals surface area contributed by atoms with Crippen LogP contribution in [0.15, 0.2) is 11.3 Å². The van der Waals surface area contributed by atoms with E-state index in [0.29, 0.717) is 0 Å². The zero-order valence-corrected chi connectivity index (χ0v) is 10.4. The second-order valence-corrected chi connectivity index (χ2v) is 4.75. The van der Waals surface area contributed by atoms with Crippen LogP contribution in [0.1, 0.15) is 20.8 Å². The largest absolute Gasteiger partial charge is 0.510 e. The Balaban J connectivity index is 2.65. The maximum absolute atomic E-state index is 11.7. The van der Waals surface area contributed by atoms with E-state index in [2.05, 4.69) is 4.74 Å². The van der Waals surface area contributed by atoms with Gasteiger partial charge in [0.2, 0.25) is 0 Å². The third-order valence-corrected chi connectivity index (χ3v) is 2.12. The maximum atomic E-state index is 11.7. The highest BCUT2D eigenvalue weighted by molar-refractivity contribution is 5.91. The van der Waals surface area contributed by atoms with Crippen molar-refractivity contribution in [3.8, 4) is 0 Å². The molecule has 1 rings (SSSR count). The monoisotopic (exact) mass is 243 g/mol. The van der Waals surface area contributed by atoms with Crippen LogP contribution in [0, 0.1) is 0 Å². The van der Waals surface area contributed by atoms with E-state index in [1.165, 1.54) is 12.0 Å². The molecule has 96 valence electrons. The number of aliphatic hydroxyl groups excluding tert-OH is 1. The average Bonchev–Trinajstić information content (AvgIpc) is 2.57. The lowest BCUT2D eigenvalue weighted by Gasteiger charge is -2.24. The molecule has 0 aliphatic carbocycles. The molecule has 0 atom stereocenters.